The second kappa shape index (κ2) is 9.03. The van der Waals surface area contributed by atoms with Gasteiger partial charge in [0.1, 0.15) is 18.5 Å². The molecule has 0 aliphatic carbocycles. The lowest BCUT2D eigenvalue weighted by Gasteiger charge is -2.34. The van der Waals surface area contributed by atoms with Gasteiger partial charge in [-0.2, -0.15) is 5.26 Å². The third-order valence-corrected chi connectivity index (χ3v) is 5.37. The van der Waals surface area contributed by atoms with Crippen LogP contribution >= 0.6 is 0 Å². The van der Waals surface area contributed by atoms with Crippen molar-refractivity contribution in [2.45, 2.75) is 32.0 Å². The minimum atomic E-state index is -1.61. The van der Waals surface area contributed by atoms with E-state index in [0.29, 0.717) is 12.1 Å². The fourth-order valence-electron chi connectivity index (χ4n) is 3.59. The lowest BCUT2D eigenvalue weighted by Crippen LogP contribution is -2.43. The molecule has 2 heterocycles. The Hall–Kier alpha value is -2.96. The highest BCUT2D eigenvalue weighted by Crippen LogP contribution is 2.26. The van der Waals surface area contributed by atoms with E-state index in [-0.39, 0.29) is 11.7 Å². The first-order chi connectivity index (χ1) is 13.9. The van der Waals surface area contributed by atoms with Crippen molar-refractivity contribution in [3.8, 4) is 6.07 Å². The van der Waals surface area contributed by atoms with Crippen LogP contribution in [0.2, 0.25) is 0 Å². The number of hydrogen-bond donors (Lipinski definition) is 3. The molecule has 29 heavy (non-hydrogen) atoms. The Labute approximate surface area is 169 Å². The van der Waals surface area contributed by atoms with Gasteiger partial charge in [-0.3, -0.25) is 4.79 Å². The zero-order chi connectivity index (χ0) is 21.0. The maximum absolute atomic E-state index is 12.2. The molecule has 3 rings (SSSR count). The molecule has 0 unspecified atom stereocenters. The number of aliphatic hydroxyl groups excluding tert-OH is 2. The molecule has 9 nitrogen and oxygen atoms in total. The third kappa shape index (κ3) is 4.72. The maximum atomic E-state index is 12.2. The largest absolute Gasteiger partial charge is 0.382 e. The topological polar surface area (TPSA) is 127 Å². The first-order valence-electron chi connectivity index (χ1n) is 9.64. The lowest BCUT2D eigenvalue weighted by atomic mass is 9.95. The number of amides is 1. The average molecular weight is 398 g/mol. The molecule has 1 amide bonds. The van der Waals surface area contributed by atoms with Gasteiger partial charge >= 0.3 is 0 Å². The van der Waals surface area contributed by atoms with E-state index in [4.69, 9.17) is 0 Å². The molecule has 1 aliphatic rings. The number of nitriles is 1. The van der Waals surface area contributed by atoms with E-state index in [1.165, 1.54) is 10.9 Å². The summed E-state index contributed by atoms with van der Waals surface area (Å²) in [5.41, 5.74) is 2.69. The van der Waals surface area contributed by atoms with Gasteiger partial charge in [0.25, 0.3) is 5.91 Å². The summed E-state index contributed by atoms with van der Waals surface area (Å²) in [6.07, 6.45) is 0.0732. The summed E-state index contributed by atoms with van der Waals surface area (Å²) < 4.78 is 1.46. The molecule has 154 valence electrons. The molecule has 9 heteroatoms. The second-order valence-electron chi connectivity index (χ2n) is 7.50. The number of carbonyl (C=O) groups excluding carboxylic acids is 1. The zero-order valence-electron chi connectivity index (χ0n) is 16.6. The van der Waals surface area contributed by atoms with Gasteiger partial charge in [0.05, 0.1) is 11.3 Å². The predicted octanol–water partition coefficient (Wildman–Crippen LogP) is 0.422. The number of aryl methyl sites for hydroxylation is 2. The fraction of sp³-hybridized carbons (Fsp3) is 0.500. The van der Waals surface area contributed by atoms with E-state index in [0.717, 1.165) is 37.2 Å². The molecule has 0 saturated carbocycles. The number of nitrogens with zero attached hydrogens (tertiary/aromatic N) is 5. The minimum absolute atomic E-state index is 0.132. The molecular formula is C20H26N6O3. The molecular weight excluding hydrogens is 372 g/mol. The molecule has 3 N–H and O–H groups in total. The number of carbonyl (C=O) groups is 1. The summed E-state index contributed by atoms with van der Waals surface area (Å²) in [5.74, 6) is -0.231. The molecule has 1 aromatic heterocycles. The first-order valence-corrected chi connectivity index (χ1v) is 9.64. The second-order valence-corrected chi connectivity index (χ2v) is 7.50. The summed E-state index contributed by atoms with van der Waals surface area (Å²) in [5, 5.41) is 39.7. The van der Waals surface area contributed by atoms with E-state index in [1.807, 2.05) is 25.1 Å². The number of aromatic nitrogens is 3. The van der Waals surface area contributed by atoms with Crippen LogP contribution in [0.3, 0.4) is 0 Å². The Morgan fingerprint density at radius 1 is 1.38 bits per heavy atom. The number of piperidine rings is 1. The fourth-order valence-corrected chi connectivity index (χ4v) is 3.59. The molecule has 1 saturated heterocycles. The van der Waals surface area contributed by atoms with Gasteiger partial charge in [0.2, 0.25) is 0 Å². The van der Waals surface area contributed by atoms with Crippen LogP contribution in [0.25, 0.3) is 0 Å². The Bertz CT molecular complexity index is 898. The monoisotopic (exact) mass is 398 g/mol. The smallest absolute Gasteiger partial charge is 0.252 e. The van der Waals surface area contributed by atoms with Crippen molar-refractivity contribution in [3.63, 3.8) is 0 Å². The van der Waals surface area contributed by atoms with Gasteiger partial charge in [-0.25, -0.2) is 0 Å². The normalized spacial score (nSPS) is 16.9. The van der Waals surface area contributed by atoms with Gasteiger partial charge in [-0.15, -0.1) is 10.2 Å². The van der Waals surface area contributed by atoms with Crippen molar-refractivity contribution >= 4 is 11.6 Å². The average Bonchev–Trinajstić information content (AvgIpc) is 3.17. The standard InChI is InChI=1S/C20H26N6O3/c1-13-3-4-16(15(9-13)10-21)26-7-5-14(6-8-26)11-22-20(29)18(28)17(27)19-24-23-12-25(19)2/h3-4,9,12,14,17-18,27-28H,5-8,11H2,1-2H3,(H,22,29)/t17-,18-/m1/s1. The van der Waals surface area contributed by atoms with Crippen LogP contribution in [-0.4, -0.2) is 56.6 Å². The summed E-state index contributed by atoms with van der Waals surface area (Å²) in [7, 11) is 1.63. The van der Waals surface area contributed by atoms with Crippen LogP contribution in [0, 0.1) is 24.2 Å². The number of aliphatic hydroxyl groups is 2. The Morgan fingerprint density at radius 2 is 2.10 bits per heavy atom. The van der Waals surface area contributed by atoms with Gasteiger partial charge in [-0.1, -0.05) is 6.07 Å². The Kier molecular flexibility index (Phi) is 6.46. The summed E-state index contributed by atoms with van der Waals surface area (Å²) in [6, 6.07) is 8.15. The van der Waals surface area contributed by atoms with E-state index >= 15 is 0 Å². The van der Waals surface area contributed by atoms with E-state index in [1.54, 1.807) is 7.05 Å². The van der Waals surface area contributed by atoms with Crippen LogP contribution in [0.4, 0.5) is 5.69 Å². The summed E-state index contributed by atoms with van der Waals surface area (Å²) in [6.45, 7) is 3.98. The molecule has 1 fully saturated rings. The number of nitrogens with one attached hydrogen (secondary N) is 1. The quantitative estimate of drug-likeness (QED) is 0.643. The molecule has 2 aromatic rings. The highest BCUT2D eigenvalue weighted by molar-refractivity contribution is 5.81. The highest BCUT2D eigenvalue weighted by Gasteiger charge is 2.30. The SMILES string of the molecule is Cc1ccc(N2CCC(CNC(=O)[C@H](O)[C@@H](O)c3nncn3C)CC2)c(C#N)c1. The first kappa shape index (κ1) is 20.8. The molecule has 1 aromatic carbocycles. The number of hydrogen-bond acceptors (Lipinski definition) is 7. The van der Waals surface area contributed by atoms with Crippen LogP contribution < -0.4 is 10.2 Å². The maximum Gasteiger partial charge on any atom is 0.252 e. The lowest BCUT2D eigenvalue weighted by molar-refractivity contribution is -0.136. The summed E-state index contributed by atoms with van der Waals surface area (Å²) in [4.78, 5) is 14.4. The Balaban J connectivity index is 1.49. The van der Waals surface area contributed by atoms with Crippen molar-refractivity contribution in [2.24, 2.45) is 13.0 Å². The number of anilines is 1. The van der Waals surface area contributed by atoms with Crippen molar-refractivity contribution in [1.82, 2.24) is 20.1 Å². The zero-order valence-corrected chi connectivity index (χ0v) is 16.6. The Morgan fingerprint density at radius 3 is 2.72 bits per heavy atom. The van der Waals surface area contributed by atoms with Gasteiger partial charge in [-0.05, 0) is 43.4 Å². The highest BCUT2D eigenvalue weighted by atomic mass is 16.3. The van der Waals surface area contributed by atoms with Crippen LogP contribution in [0.15, 0.2) is 24.5 Å². The van der Waals surface area contributed by atoms with E-state index in [9.17, 15) is 20.3 Å². The van der Waals surface area contributed by atoms with E-state index in [2.05, 4.69) is 26.5 Å². The van der Waals surface area contributed by atoms with Crippen LogP contribution in [0.1, 0.15) is 35.9 Å². The minimum Gasteiger partial charge on any atom is -0.382 e. The van der Waals surface area contributed by atoms with Gasteiger partial charge in [0, 0.05) is 26.7 Å². The van der Waals surface area contributed by atoms with Crippen molar-refractivity contribution in [3.05, 3.63) is 41.5 Å². The number of benzene rings is 1. The summed E-state index contributed by atoms with van der Waals surface area (Å²) >= 11 is 0. The predicted molar refractivity (Wildman–Crippen MR) is 106 cm³/mol. The van der Waals surface area contributed by atoms with Crippen LogP contribution in [0.5, 0.6) is 0 Å². The third-order valence-electron chi connectivity index (χ3n) is 5.37. The van der Waals surface area contributed by atoms with Crippen molar-refractivity contribution < 1.29 is 15.0 Å². The van der Waals surface area contributed by atoms with Gasteiger partial charge < -0.3 is 25.0 Å². The van der Waals surface area contributed by atoms with Crippen LogP contribution in [-0.2, 0) is 11.8 Å². The molecule has 0 spiro atoms. The molecule has 0 radical (unpaired) electrons. The van der Waals surface area contributed by atoms with Crippen molar-refractivity contribution in [1.29, 1.82) is 5.26 Å². The van der Waals surface area contributed by atoms with Crippen molar-refractivity contribution in [2.75, 3.05) is 24.5 Å². The van der Waals surface area contributed by atoms with Gasteiger partial charge in [0.15, 0.2) is 11.9 Å². The number of rotatable bonds is 6. The molecule has 0 bridgehead atoms. The molecule has 1 aliphatic heterocycles. The molecule has 2 atom stereocenters. The van der Waals surface area contributed by atoms with E-state index < -0.39 is 18.1 Å².